The highest BCUT2D eigenvalue weighted by atomic mass is 16.6. The second kappa shape index (κ2) is 9.03. The smallest absolute Gasteiger partial charge is 0.380 e. The van der Waals surface area contributed by atoms with Crippen molar-refractivity contribution in [1.29, 1.82) is 0 Å². The molecule has 0 aliphatic carbocycles. The van der Waals surface area contributed by atoms with Crippen LogP contribution in [0, 0.1) is 13.8 Å². The van der Waals surface area contributed by atoms with E-state index in [-0.39, 0.29) is 11.5 Å². The number of hydrogen-bond donors (Lipinski definition) is 0. The number of carbonyl (C=O) groups excluding carboxylic acids is 3. The van der Waals surface area contributed by atoms with Crippen LogP contribution in [0.3, 0.4) is 0 Å². The number of rotatable bonds is 5. The molecule has 1 amide bonds. The molecule has 1 aliphatic rings. The van der Waals surface area contributed by atoms with Gasteiger partial charge in [0.05, 0.1) is 22.6 Å². The third kappa shape index (κ3) is 4.55. The van der Waals surface area contributed by atoms with Crippen LogP contribution >= 0.6 is 0 Å². The lowest BCUT2D eigenvalue weighted by Crippen LogP contribution is -2.41. The summed E-state index contributed by atoms with van der Waals surface area (Å²) in [6, 6.07) is 9.37. The monoisotopic (exact) mass is 397 g/mol. The first kappa shape index (κ1) is 20.8. The van der Waals surface area contributed by atoms with Gasteiger partial charge in [-0.3, -0.25) is 9.59 Å². The van der Waals surface area contributed by atoms with E-state index in [4.69, 9.17) is 4.74 Å². The number of nitrogens with zero attached hydrogens (tertiary/aromatic N) is 3. The van der Waals surface area contributed by atoms with Crippen molar-refractivity contribution in [2.75, 3.05) is 13.1 Å². The second-order valence-corrected chi connectivity index (χ2v) is 7.41. The molecule has 0 spiro atoms. The fourth-order valence-corrected chi connectivity index (χ4v) is 3.71. The number of benzene rings is 1. The van der Waals surface area contributed by atoms with E-state index in [1.807, 2.05) is 30.3 Å². The molecule has 0 saturated carbocycles. The predicted molar refractivity (Wildman–Crippen MR) is 108 cm³/mol. The number of carbonyl (C=O) groups is 3. The van der Waals surface area contributed by atoms with Crippen molar-refractivity contribution >= 4 is 17.7 Å². The van der Waals surface area contributed by atoms with Gasteiger partial charge in [-0.1, -0.05) is 31.0 Å². The number of aryl methyl sites for hydroxylation is 1. The summed E-state index contributed by atoms with van der Waals surface area (Å²) >= 11 is 0. The zero-order chi connectivity index (χ0) is 21.0. The summed E-state index contributed by atoms with van der Waals surface area (Å²) in [5.74, 6) is -2.06. The van der Waals surface area contributed by atoms with Gasteiger partial charge in [-0.15, -0.1) is 0 Å². The van der Waals surface area contributed by atoms with E-state index >= 15 is 0 Å². The topological polar surface area (TPSA) is 81.5 Å². The Hall–Kier alpha value is -2.96. The van der Waals surface area contributed by atoms with Crippen LogP contribution in [0.4, 0.5) is 0 Å². The molecular formula is C22H27N3O4. The molecule has 29 heavy (non-hydrogen) atoms. The molecule has 1 unspecified atom stereocenters. The Labute approximate surface area is 170 Å². The Morgan fingerprint density at radius 3 is 2.24 bits per heavy atom. The summed E-state index contributed by atoms with van der Waals surface area (Å²) in [4.78, 5) is 39.6. The largest absolute Gasteiger partial charge is 0.447 e. The molecule has 3 rings (SSSR count). The van der Waals surface area contributed by atoms with Crippen LogP contribution in [0.25, 0.3) is 5.69 Å². The van der Waals surface area contributed by atoms with Crippen molar-refractivity contribution in [2.45, 2.75) is 52.6 Å². The SMILES string of the molecule is Cc1nn(-c2ccccc2)c(C)c1C(=O)C(=O)OC(C)C(=O)N1CCCCCC1. The van der Waals surface area contributed by atoms with Crippen LogP contribution in [0.5, 0.6) is 0 Å². The van der Waals surface area contributed by atoms with E-state index < -0.39 is 17.9 Å². The van der Waals surface area contributed by atoms with Gasteiger partial charge in [0.15, 0.2) is 6.10 Å². The summed E-state index contributed by atoms with van der Waals surface area (Å²) in [6.45, 7) is 6.26. The van der Waals surface area contributed by atoms with Crippen LogP contribution in [0.2, 0.25) is 0 Å². The summed E-state index contributed by atoms with van der Waals surface area (Å²) in [6.07, 6.45) is 3.10. The molecule has 0 N–H and O–H groups in total. The zero-order valence-corrected chi connectivity index (χ0v) is 17.2. The second-order valence-electron chi connectivity index (χ2n) is 7.41. The normalized spacial score (nSPS) is 15.5. The number of amides is 1. The molecule has 1 aliphatic heterocycles. The van der Waals surface area contributed by atoms with E-state index in [2.05, 4.69) is 5.10 Å². The summed E-state index contributed by atoms with van der Waals surface area (Å²) in [7, 11) is 0. The lowest BCUT2D eigenvalue weighted by atomic mass is 10.1. The fraction of sp³-hybridized carbons (Fsp3) is 0.455. The number of likely N-dealkylation sites (tertiary alicyclic amines) is 1. The van der Waals surface area contributed by atoms with Crippen molar-refractivity contribution in [3.8, 4) is 5.69 Å². The maximum atomic E-state index is 12.8. The van der Waals surface area contributed by atoms with Gasteiger partial charge >= 0.3 is 5.97 Å². The maximum absolute atomic E-state index is 12.8. The van der Waals surface area contributed by atoms with Gasteiger partial charge in [0.25, 0.3) is 11.7 Å². The van der Waals surface area contributed by atoms with Gasteiger partial charge in [-0.2, -0.15) is 5.10 Å². The highest BCUT2D eigenvalue weighted by molar-refractivity contribution is 6.41. The third-order valence-corrected chi connectivity index (χ3v) is 5.25. The maximum Gasteiger partial charge on any atom is 0.380 e. The Bertz CT molecular complexity index is 896. The first-order valence-corrected chi connectivity index (χ1v) is 10.1. The molecule has 7 heteroatoms. The summed E-state index contributed by atoms with van der Waals surface area (Å²) in [5, 5.41) is 4.39. The first-order valence-electron chi connectivity index (χ1n) is 10.1. The molecule has 1 aromatic heterocycles. The van der Waals surface area contributed by atoms with E-state index in [0.29, 0.717) is 24.5 Å². The molecule has 1 aromatic carbocycles. The van der Waals surface area contributed by atoms with Gasteiger partial charge in [0, 0.05) is 13.1 Å². The molecule has 1 saturated heterocycles. The van der Waals surface area contributed by atoms with Crippen LogP contribution < -0.4 is 0 Å². The molecule has 2 heterocycles. The van der Waals surface area contributed by atoms with Gasteiger partial charge in [-0.05, 0) is 45.7 Å². The Balaban J connectivity index is 1.72. The van der Waals surface area contributed by atoms with Crippen molar-refractivity contribution in [2.24, 2.45) is 0 Å². The summed E-state index contributed by atoms with van der Waals surface area (Å²) < 4.78 is 6.86. The molecule has 154 valence electrons. The Kier molecular flexibility index (Phi) is 6.46. The van der Waals surface area contributed by atoms with E-state index in [1.165, 1.54) is 6.92 Å². The lowest BCUT2D eigenvalue weighted by Gasteiger charge is -2.23. The molecule has 0 radical (unpaired) electrons. The fourth-order valence-electron chi connectivity index (χ4n) is 3.71. The Morgan fingerprint density at radius 1 is 1.00 bits per heavy atom. The number of Topliss-reactive ketones (excluding diaryl/α,β-unsaturated/α-hetero) is 1. The minimum Gasteiger partial charge on any atom is -0.447 e. The predicted octanol–water partition coefficient (Wildman–Crippen LogP) is 3.01. The third-order valence-electron chi connectivity index (χ3n) is 5.25. The van der Waals surface area contributed by atoms with Crippen LogP contribution in [-0.4, -0.2) is 51.5 Å². The van der Waals surface area contributed by atoms with Gasteiger partial charge in [0.1, 0.15) is 0 Å². The quantitative estimate of drug-likeness (QED) is 0.440. The number of ether oxygens (including phenoxy) is 1. The average molecular weight is 397 g/mol. The highest BCUT2D eigenvalue weighted by Crippen LogP contribution is 2.19. The van der Waals surface area contributed by atoms with Crippen LogP contribution in [-0.2, 0) is 14.3 Å². The van der Waals surface area contributed by atoms with Gasteiger partial charge in [-0.25, -0.2) is 9.48 Å². The minimum atomic E-state index is -1.03. The van der Waals surface area contributed by atoms with Crippen LogP contribution in [0.1, 0.15) is 54.4 Å². The van der Waals surface area contributed by atoms with E-state index in [9.17, 15) is 14.4 Å². The lowest BCUT2D eigenvalue weighted by molar-refractivity contribution is -0.155. The molecule has 2 aromatic rings. The zero-order valence-electron chi connectivity index (χ0n) is 17.2. The number of hydrogen-bond acceptors (Lipinski definition) is 5. The van der Waals surface area contributed by atoms with Crippen molar-refractivity contribution < 1.29 is 19.1 Å². The number of para-hydroxylation sites is 1. The minimum absolute atomic E-state index is 0.216. The van der Waals surface area contributed by atoms with Crippen LogP contribution in [0.15, 0.2) is 30.3 Å². The number of esters is 1. The van der Waals surface area contributed by atoms with Crippen molar-refractivity contribution in [3.63, 3.8) is 0 Å². The van der Waals surface area contributed by atoms with E-state index in [0.717, 1.165) is 31.4 Å². The highest BCUT2D eigenvalue weighted by Gasteiger charge is 2.30. The average Bonchev–Trinajstić information content (AvgIpc) is 2.90. The van der Waals surface area contributed by atoms with Crippen molar-refractivity contribution in [1.82, 2.24) is 14.7 Å². The Morgan fingerprint density at radius 2 is 1.62 bits per heavy atom. The first-order chi connectivity index (χ1) is 13.9. The molecule has 7 nitrogen and oxygen atoms in total. The van der Waals surface area contributed by atoms with Crippen molar-refractivity contribution in [3.05, 3.63) is 47.3 Å². The summed E-state index contributed by atoms with van der Waals surface area (Å²) in [5.41, 5.74) is 2.01. The molecule has 1 fully saturated rings. The number of ketones is 1. The molecule has 1 atom stereocenters. The van der Waals surface area contributed by atoms with Gasteiger partial charge in [0.2, 0.25) is 0 Å². The van der Waals surface area contributed by atoms with Gasteiger partial charge < -0.3 is 9.64 Å². The standard InChI is InChI=1S/C22H27N3O4/c1-15-19(16(2)25(23-15)18-11-7-6-8-12-18)20(26)22(28)29-17(3)21(27)24-13-9-4-5-10-14-24/h6-8,11-12,17H,4-5,9-10,13-14H2,1-3H3. The molecule has 0 bridgehead atoms. The number of aromatic nitrogens is 2. The molecular weight excluding hydrogens is 370 g/mol. The van der Waals surface area contributed by atoms with E-state index in [1.54, 1.807) is 23.4 Å².